The summed E-state index contributed by atoms with van der Waals surface area (Å²) in [6, 6.07) is 0. The zero-order valence-electron chi connectivity index (χ0n) is 13.3. The average Bonchev–Trinajstić information content (AvgIpc) is 2.12. The zero-order valence-corrected chi connectivity index (χ0v) is 13.3. The Bertz CT molecular complexity index is 278. The topological polar surface area (TPSA) is 52.6 Å². The van der Waals surface area contributed by atoms with Gasteiger partial charge in [-0.05, 0) is 46.0 Å². The molecule has 0 atom stereocenters. The summed E-state index contributed by atoms with van der Waals surface area (Å²) in [6.07, 6.45) is 0.770. The monoisotopic (exact) mass is 272 g/mol. The van der Waals surface area contributed by atoms with Crippen LogP contribution in [0, 0.1) is 11.3 Å². The maximum atomic E-state index is 12.0. The van der Waals surface area contributed by atoms with Gasteiger partial charge in [-0.1, -0.05) is 20.8 Å². The minimum absolute atomic E-state index is 0.0640. The third-order valence-corrected chi connectivity index (χ3v) is 2.46. The average molecular weight is 272 g/mol. The normalized spacial score (nSPS) is 12.1. The molecule has 0 spiro atoms. The van der Waals surface area contributed by atoms with Crippen molar-refractivity contribution >= 4 is 11.9 Å². The van der Waals surface area contributed by atoms with E-state index in [4.69, 9.17) is 9.47 Å². The van der Waals surface area contributed by atoms with Crippen molar-refractivity contribution in [3.63, 3.8) is 0 Å². The molecule has 0 aliphatic rings. The van der Waals surface area contributed by atoms with E-state index in [0.717, 1.165) is 6.42 Å². The molecule has 0 aliphatic carbocycles. The van der Waals surface area contributed by atoms with Crippen LogP contribution in [0.15, 0.2) is 0 Å². The predicted molar refractivity (Wildman–Crippen MR) is 74.6 cm³/mol. The van der Waals surface area contributed by atoms with Crippen LogP contribution in [0.2, 0.25) is 0 Å². The molecule has 0 aromatic carbocycles. The second-order valence-electron chi connectivity index (χ2n) is 6.62. The van der Waals surface area contributed by atoms with Gasteiger partial charge in [0, 0.05) is 0 Å². The smallest absolute Gasteiger partial charge is 0.320 e. The van der Waals surface area contributed by atoms with Gasteiger partial charge in [-0.15, -0.1) is 0 Å². The first-order chi connectivity index (χ1) is 8.53. The Morgan fingerprint density at radius 2 is 1.26 bits per heavy atom. The quantitative estimate of drug-likeness (QED) is 0.549. The summed E-state index contributed by atoms with van der Waals surface area (Å²) in [7, 11) is 0. The Morgan fingerprint density at radius 3 is 1.53 bits per heavy atom. The molecule has 0 aromatic heterocycles. The van der Waals surface area contributed by atoms with Crippen molar-refractivity contribution in [2.24, 2.45) is 11.3 Å². The lowest BCUT2D eigenvalue weighted by Crippen LogP contribution is -2.32. The third kappa shape index (κ3) is 8.62. The molecule has 19 heavy (non-hydrogen) atoms. The lowest BCUT2D eigenvalue weighted by atomic mass is 9.86. The molecule has 0 bridgehead atoms. The van der Waals surface area contributed by atoms with Crippen molar-refractivity contribution < 1.29 is 19.1 Å². The number of carbonyl (C=O) groups is 2. The summed E-state index contributed by atoms with van der Waals surface area (Å²) in [5, 5.41) is 0. The highest BCUT2D eigenvalue weighted by Gasteiger charge is 2.32. The van der Waals surface area contributed by atoms with Crippen LogP contribution >= 0.6 is 0 Å². The molecule has 0 N–H and O–H groups in total. The van der Waals surface area contributed by atoms with Crippen LogP contribution in [0.4, 0.5) is 0 Å². The maximum Gasteiger partial charge on any atom is 0.320 e. The molecular weight excluding hydrogens is 244 g/mol. The van der Waals surface area contributed by atoms with Crippen molar-refractivity contribution in [2.45, 2.75) is 73.5 Å². The molecule has 0 rings (SSSR count). The van der Waals surface area contributed by atoms with Crippen molar-refractivity contribution in [1.82, 2.24) is 0 Å². The second kappa shape index (κ2) is 7.51. The summed E-state index contributed by atoms with van der Waals surface area (Å²) >= 11 is 0. The van der Waals surface area contributed by atoms with Gasteiger partial charge < -0.3 is 9.47 Å². The van der Waals surface area contributed by atoms with Gasteiger partial charge in [0.25, 0.3) is 0 Å². The largest absolute Gasteiger partial charge is 0.462 e. The van der Waals surface area contributed by atoms with Gasteiger partial charge in [0.05, 0.1) is 12.2 Å². The fourth-order valence-electron chi connectivity index (χ4n) is 1.54. The van der Waals surface area contributed by atoms with E-state index >= 15 is 0 Å². The Morgan fingerprint density at radius 1 is 0.895 bits per heavy atom. The van der Waals surface area contributed by atoms with Crippen LogP contribution < -0.4 is 0 Å². The Balaban J connectivity index is 4.72. The molecule has 4 nitrogen and oxygen atoms in total. The third-order valence-electron chi connectivity index (χ3n) is 2.46. The van der Waals surface area contributed by atoms with Gasteiger partial charge in [0.15, 0.2) is 5.92 Å². The molecule has 0 amide bonds. The maximum absolute atomic E-state index is 12.0. The molecule has 4 heteroatoms. The van der Waals surface area contributed by atoms with E-state index in [1.165, 1.54) is 0 Å². The first-order valence-corrected chi connectivity index (χ1v) is 6.94. The summed E-state index contributed by atoms with van der Waals surface area (Å²) in [4.78, 5) is 23.9. The summed E-state index contributed by atoms with van der Waals surface area (Å²) in [5.41, 5.74) is 0.0640. The van der Waals surface area contributed by atoms with Crippen LogP contribution in [0.5, 0.6) is 0 Å². The SMILES string of the molecule is CC(C)OC(=O)C(CCC(C)(C)C)C(=O)OC(C)C. The van der Waals surface area contributed by atoms with Crippen molar-refractivity contribution in [3.05, 3.63) is 0 Å². The summed E-state index contributed by atoms with van der Waals surface area (Å²) < 4.78 is 10.3. The molecule has 0 aliphatic heterocycles. The molecule has 0 radical (unpaired) electrons. The molecule has 0 saturated carbocycles. The number of carbonyl (C=O) groups excluding carboxylic acids is 2. The van der Waals surface area contributed by atoms with E-state index in [0.29, 0.717) is 6.42 Å². The van der Waals surface area contributed by atoms with Crippen LogP contribution in [0.1, 0.15) is 61.3 Å². The van der Waals surface area contributed by atoms with Crippen LogP contribution in [0.3, 0.4) is 0 Å². The molecule has 112 valence electrons. The van der Waals surface area contributed by atoms with E-state index in [-0.39, 0.29) is 17.6 Å². The lowest BCUT2D eigenvalue weighted by molar-refractivity contribution is -0.166. The number of ether oxygens (including phenoxy) is 2. The van der Waals surface area contributed by atoms with Gasteiger partial charge >= 0.3 is 11.9 Å². The minimum Gasteiger partial charge on any atom is -0.462 e. The number of esters is 2. The van der Waals surface area contributed by atoms with Crippen LogP contribution in [0.25, 0.3) is 0 Å². The first-order valence-electron chi connectivity index (χ1n) is 6.94. The van der Waals surface area contributed by atoms with Gasteiger partial charge in [-0.25, -0.2) is 0 Å². The molecule has 0 unspecified atom stereocenters. The number of hydrogen-bond donors (Lipinski definition) is 0. The van der Waals surface area contributed by atoms with E-state index in [1.54, 1.807) is 27.7 Å². The molecule has 0 aromatic rings. The molecule has 0 heterocycles. The first kappa shape index (κ1) is 17.9. The second-order valence-corrected chi connectivity index (χ2v) is 6.62. The molecule has 0 saturated heterocycles. The highest BCUT2D eigenvalue weighted by atomic mass is 16.6. The Labute approximate surface area is 116 Å². The molecular formula is C15H28O4. The van der Waals surface area contributed by atoms with Crippen LogP contribution in [-0.2, 0) is 19.1 Å². The van der Waals surface area contributed by atoms with Crippen molar-refractivity contribution in [3.8, 4) is 0 Å². The predicted octanol–water partition coefficient (Wildman–Crippen LogP) is 3.33. The number of rotatable bonds is 6. The van der Waals surface area contributed by atoms with E-state index in [2.05, 4.69) is 20.8 Å². The van der Waals surface area contributed by atoms with Gasteiger partial charge in [-0.2, -0.15) is 0 Å². The zero-order chi connectivity index (χ0) is 15.2. The summed E-state index contributed by atoms with van der Waals surface area (Å²) in [5.74, 6) is -1.78. The fourth-order valence-corrected chi connectivity index (χ4v) is 1.54. The van der Waals surface area contributed by atoms with E-state index < -0.39 is 17.9 Å². The van der Waals surface area contributed by atoms with Gasteiger partial charge in [-0.3, -0.25) is 9.59 Å². The van der Waals surface area contributed by atoms with Crippen LogP contribution in [-0.4, -0.2) is 24.1 Å². The minimum atomic E-state index is -0.816. The number of hydrogen-bond acceptors (Lipinski definition) is 4. The van der Waals surface area contributed by atoms with E-state index in [9.17, 15) is 9.59 Å². The van der Waals surface area contributed by atoms with Gasteiger partial charge in [0.1, 0.15) is 0 Å². The Kier molecular flexibility index (Phi) is 7.09. The summed E-state index contributed by atoms with van der Waals surface area (Å²) in [6.45, 7) is 13.3. The Hall–Kier alpha value is -1.06. The molecule has 0 fully saturated rings. The highest BCUT2D eigenvalue weighted by Crippen LogP contribution is 2.25. The van der Waals surface area contributed by atoms with Crippen molar-refractivity contribution in [1.29, 1.82) is 0 Å². The lowest BCUT2D eigenvalue weighted by Gasteiger charge is -2.22. The van der Waals surface area contributed by atoms with Crippen molar-refractivity contribution in [2.75, 3.05) is 0 Å². The fraction of sp³-hybridized carbons (Fsp3) is 0.867. The standard InChI is InChI=1S/C15H28O4/c1-10(2)18-13(16)12(8-9-15(5,6)7)14(17)19-11(3)4/h10-12H,8-9H2,1-7H3. The van der Waals surface area contributed by atoms with E-state index in [1.807, 2.05) is 0 Å². The highest BCUT2D eigenvalue weighted by molar-refractivity contribution is 5.95. The van der Waals surface area contributed by atoms with Gasteiger partial charge in [0.2, 0.25) is 0 Å².